The summed E-state index contributed by atoms with van der Waals surface area (Å²) < 4.78 is 0. The van der Waals surface area contributed by atoms with Crippen molar-refractivity contribution in [2.75, 3.05) is 11.4 Å². The van der Waals surface area contributed by atoms with Gasteiger partial charge in [-0.1, -0.05) is 0 Å². The van der Waals surface area contributed by atoms with E-state index in [1.54, 1.807) is 0 Å². The maximum Gasteiger partial charge on any atom is 0.203 e. The topological polar surface area (TPSA) is 31.9 Å². The molecule has 0 aliphatic rings. The molecule has 3 heteroatoms. The molecule has 0 aromatic carbocycles. The number of H-pyrrole nitrogens is 1. The lowest BCUT2D eigenvalue weighted by Crippen LogP contribution is -2.31. The molecule has 1 heterocycles. The van der Waals surface area contributed by atoms with Gasteiger partial charge in [-0.15, -0.1) is 0 Å². The van der Waals surface area contributed by atoms with Crippen LogP contribution in [0.5, 0.6) is 0 Å². The van der Waals surface area contributed by atoms with E-state index in [1.165, 1.54) is 0 Å². The number of anilines is 1. The van der Waals surface area contributed by atoms with E-state index in [9.17, 15) is 0 Å². The molecule has 0 amide bonds. The highest BCUT2D eigenvalue weighted by atomic mass is 15.3. The summed E-state index contributed by atoms with van der Waals surface area (Å²) in [6.45, 7) is 9.48. The Bertz CT molecular complexity index is 240. The molecule has 0 aliphatic carbocycles. The van der Waals surface area contributed by atoms with Crippen LogP contribution in [0.4, 0.5) is 5.95 Å². The average Bonchev–Trinajstić information content (AvgIpc) is 2.37. The summed E-state index contributed by atoms with van der Waals surface area (Å²) in [5, 5.41) is 0. The minimum Gasteiger partial charge on any atom is -0.340 e. The number of aromatic amines is 1. The molecule has 0 unspecified atom stereocenters. The number of nitrogens with one attached hydrogen (secondary N) is 1. The first kappa shape index (κ1) is 9.10. The van der Waals surface area contributed by atoms with Crippen molar-refractivity contribution in [1.82, 2.24) is 9.97 Å². The molecule has 1 aromatic heterocycles. The number of imidazole rings is 1. The molecule has 0 fully saturated rings. The van der Waals surface area contributed by atoms with Crippen LogP contribution >= 0.6 is 0 Å². The van der Waals surface area contributed by atoms with E-state index in [0.717, 1.165) is 18.2 Å². The molecule has 1 N–H and O–H groups in total. The van der Waals surface area contributed by atoms with Crippen molar-refractivity contribution in [1.29, 1.82) is 0 Å². The number of nitrogens with zero attached hydrogens (tertiary/aromatic N) is 2. The minimum atomic E-state index is 0.501. The van der Waals surface area contributed by atoms with Crippen LogP contribution in [0.15, 0.2) is 6.20 Å². The first-order chi connectivity index (χ1) is 5.65. The Morgan fingerprint density at radius 2 is 2.25 bits per heavy atom. The Kier molecular flexibility index (Phi) is 2.74. The smallest absolute Gasteiger partial charge is 0.203 e. The van der Waals surface area contributed by atoms with Crippen molar-refractivity contribution < 1.29 is 0 Å². The number of rotatable bonds is 3. The molecule has 1 rings (SSSR count). The molecule has 0 spiro atoms. The van der Waals surface area contributed by atoms with Crippen molar-refractivity contribution >= 4 is 5.95 Å². The monoisotopic (exact) mass is 167 g/mol. The predicted octanol–water partition coefficient (Wildman–Crippen LogP) is 1.95. The van der Waals surface area contributed by atoms with Crippen molar-refractivity contribution in [3.63, 3.8) is 0 Å². The third-order valence-electron chi connectivity index (χ3n) is 1.93. The third-order valence-corrected chi connectivity index (χ3v) is 1.93. The highest BCUT2D eigenvalue weighted by Crippen LogP contribution is 2.11. The van der Waals surface area contributed by atoms with Crippen molar-refractivity contribution in [2.24, 2.45) is 0 Å². The molecule has 3 nitrogen and oxygen atoms in total. The van der Waals surface area contributed by atoms with E-state index in [1.807, 2.05) is 13.1 Å². The molecule has 0 saturated heterocycles. The number of aromatic nitrogens is 2. The van der Waals surface area contributed by atoms with Gasteiger partial charge in [0.1, 0.15) is 0 Å². The zero-order chi connectivity index (χ0) is 9.14. The van der Waals surface area contributed by atoms with Gasteiger partial charge in [-0.05, 0) is 27.7 Å². The fourth-order valence-corrected chi connectivity index (χ4v) is 1.30. The van der Waals surface area contributed by atoms with Crippen LogP contribution < -0.4 is 4.90 Å². The van der Waals surface area contributed by atoms with Gasteiger partial charge >= 0.3 is 0 Å². The Hall–Kier alpha value is -0.990. The molecule has 0 radical (unpaired) electrons. The highest BCUT2D eigenvalue weighted by molar-refractivity contribution is 5.31. The highest BCUT2D eigenvalue weighted by Gasteiger charge is 2.10. The standard InChI is InChI=1S/C9H17N3/c1-5-12(7(2)3)9-10-6-8(4)11-9/h6-7H,5H2,1-4H3,(H,10,11). The molecule has 68 valence electrons. The summed E-state index contributed by atoms with van der Waals surface area (Å²) in [4.78, 5) is 9.73. The Labute approximate surface area is 73.8 Å². The van der Waals surface area contributed by atoms with Gasteiger partial charge in [0.25, 0.3) is 0 Å². The van der Waals surface area contributed by atoms with Gasteiger partial charge in [0.15, 0.2) is 0 Å². The maximum atomic E-state index is 4.28. The van der Waals surface area contributed by atoms with Gasteiger partial charge in [-0.25, -0.2) is 4.98 Å². The Balaban J connectivity index is 2.80. The van der Waals surface area contributed by atoms with E-state index in [4.69, 9.17) is 0 Å². The summed E-state index contributed by atoms with van der Waals surface area (Å²) in [5.41, 5.74) is 1.11. The van der Waals surface area contributed by atoms with Gasteiger partial charge in [-0.2, -0.15) is 0 Å². The first-order valence-electron chi connectivity index (χ1n) is 4.43. The molecular formula is C9H17N3. The third kappa shape index (κ3) is 1.78. The van der Waals surface area contributed by atoms with Crippen LogP contribution in [-0.4, -0.2) is 22.6 Å². The van der Waals surface area contributed by atoms with Crippen molar-refractivity contribution in [2.45, 2.75) is 33.7 Å². The van der Waals surface area contributed by atoms with E-state index in [2.05, 4.69) is 35.6 Å². The van der Waals surface area contributed by atoms with Crippen LogP contribution in [-0.2, 0) is 0 Å². The van der Waals surface area contributed by atoms with E-state index < -0.39 is 0 Å². The number of hydrogen-bond acceptors (Lipinski definition) is 2. The lowest BCUT2D eigenvalue weighted by Gasteiger charge is -2.24. The van der Waals surface area contributed by atoms with Gasteiger partial charge in [0.2, 0.25) is 5.95 Å². The summed E-state index contributed by atoms with van der Waals surface area (Å²) in [6, 6.07) is 0.501. The van der Waals surface area contributed by atoms with Crippen molar-refractivity contribution in [3.8, 4) is 0 Å². The minimum absolute atomic E-state index is 0.501. The normalized spacial score (nSPS) is 10.8. The van der Waals surface area contributed by atoms with Crippen LogP contribution in [0.2, 0.25) is 0 Å². The van der Waals surface area contributed by atoms with E-state index in [0.29, 0.717) is 6.04 Å². The van der Waals surface area contributed by atoms with Crippen LogP contribution in [0.3, 0.4) is 0 Å². The number of hydrogen-bond donors (Lipinski definition) is 1. The summed E-state index contributed by atoms with van der Waals surface area (Å²) in [7, 11) is 0. The molecule has 0 aliphatic heterocycles. The second kappa shape index (κ2) is 3.61. The molecular weight excluding hydrogens is 150 g/mol. The molecule has 12 heavy (non-hydrogen) atoms. The SMILES string of the molecule is CCN(c1ncc(C)[nH]1)C(C)C. The maximum absolute atomic E-state index is 4.28. The lowest BCUT2D eigenvalue weighted by molar-refractivity contribution is 0.685. The Morgan fingerprint density at radius 3 is 2.58 bits per heavy atom. The summed E-state index contributed by atoms with van der Waals surface area (Å²) in [6.07, 6.45) is 1.86. The zero-order valence-corrected chi connectivity index (χ0v) is 8.26. The van der Waals surface area contributed by atoms with Gasteiger partial charge in [-0.3, -0.25) is 0 Å². The molecule has 0 saturated carbocycles. The van der Waals surface area contributed by atoms with Crippen LogP contribution in [0, 0.1) is 6.92 Å². The van der Waals surface area contributed by atoms with Gasteiger partial charge in [0, 0.05) is 24.5 Å². The number of aryl methyl sites for hydroxylation is 1. The zero-order valence-electron chi connectivity index (χ0n) is 8.26. The van der Waals surface area contributed by atoms with Gasteiger partial charge < -0.3 is 9.88 Å². The molecule has 0 bridgehead atoms. The fourth-order valence-electron chi connectivity index (χ4n) is 1.30. The largest absolute Gasteiger partial charge is 0.340 e. The quantitative estimate of drug-likeness (QED) is 0.746. The van der Waals surface area contributed by atoms with Crippen LogP contribution in [0.1, 0.15) is 26.5 Å². The summed E-state index contributed by atoms with van der Waals surface area (Å²) in [5.74, 6) is 0.977. The fraction of sp³-hybridized carbons (Fsp3) is 0.667. The average molecular weight is 167 g/mol. The molecule has 1 aromatic rings. The van der Waals surface area contributed by atoms with Crippen LogP contribution in [0.25, 0.3) is 0 Å². The van der Waals surface area contributed by atoms with Crippen molar-refractivity contribution in [3.05, 3.63) is 11.9 Å². The van der Waals surface area contributed by atoms with E-state index in [-0.39, 0.29) is 0 Å². The first-order valence-corrected chi connectivity index (χ1v) is 4.43. The summed E-state index contributed by atoms with van der Waals surface area (Å²) >= 11 is 0. The Morgan fingerprint density at radius 1 is 1.58 bits per heavy atom. The second-order valence-corrected chi connectivity index (χ2v) is 3.27. The van der Waals surface area contributed by atoms with E-state index >= 15 is 0 Å². The second-order valence-electron chi connectivity index (χ2n) is 3.27. The van der Waals surface area contributed by atoms with Gasteiger partial charge in [0.05, 0.1) is 0 Å². The lowest BCUT2D eigenvalue weighted by atomic mass is 10.3. The molecule has 0 atom stereocenters. The predicted molar refractivity (Wildman–Crippen MR) is 51.5 cm³/mol.